The number of hydrogen-bond acceptors (Lipinski definition) is 4. The fraction of sp³-hybridized carbons (Fsp3) is 0.208. The number of fused-ring (bicyclic) bond motifs is 1. The van der Waals surface area contributed by atoms with Crippen molar-refractivity contribution in [1.82, 2.24) is 14.5 Å². The Morgan fingerprint density at radius 2 is 1.97 bits per heavy atom. The molecule has 2 N–H and O–H groups in total. The summed E-state index contributed by atoms with van der Waals surface area (Å²) in [6.07, 6.45) is 4.88. The topological polar surface area (TPSA) is 76.5 Å². The number of aromatic nitrogens is 2. The van der Waals surface area contributed by atoms with Crippen LogP contribution in [0.2, 0.25) is 0 Å². The first-order chi connectivity index (χ1) is 15.0. The third kappa shape index (κ3) is 3.74. The number of benzene rings is 2. The Morgan fingerprint density at radius 1 is 1.19 bits per heavy atom. The fourth-order valence-electron chi connectivity index (χ4n) is 3.59. The van der Waals surface area contributed by atoms with Crippen LogP contribution in [0.1, 0.15) is 30.6 Å². The number of hydrogen-bond donors (Lipinski definition) is 1. The van der Waals surface area contributed by atoms with Gasteiger partial charge in [0.1, 0.15) is 22.6 Å². The maximum absolute atomic E-state index is 14.4. The highest BCUT2D eigenvalue weighted by molar-refractivity contribution is 5.96. The summed E-state index contributed by atoms with van der Waals surface area (Å²) in [6, 6.07) is 13.8. The Bertz CT molecular complexity index is 1270. The molecule has 0 aliphatic carbocycles. The monoisotopic (exact) mass is 417 g/mol. The van der Waals surface area contributed by atoms with E-state index in [1.54, 1.807) is 33.7 Å². The Morgan fingerprint density at radius 3 is 2.68 bits per heavy atom. The lowest BCUT2D eigenvalue weighted by atomic mass is 10.1. The van der Waals surface area contributed by atoms with Gasteiger partial charge in [-0.15, -0.1) is 0 Å². The van der Waals surface area contributed by atoms with Crippen LogP contribution in [0.4, 0.5) is 10.3 Å². The van der Waals surface area contributed by atoms with Crippen LogP contribution >= 0.6 is 0 Å². The van der Waals surface area contributed by atoms with E-state index in [1.165, 1.54) is 6.07 Å². The number of anilines is 1. The Kier molecular flexibility index (Phi) is 5.66. The van der Waals surface area contributed by atoms with Gasteiger partial charge in [0.15, 0.2) is 0 Å². The van der Waals surface area contributed by atoms with Crippen LogP contribution in [0.25, 0.3) is 10.9 Å². The molecule has 0 unspecified atom stereocenters. The summed E-state index contributed by atoms with van der Waals surface area (Å²) in [5.74, 6) is 0.116. The van der Waals surface area contributed by atoms with Gasteiger partial charge < -0.3 is 5.73 Å². The Labute approximate surface area is 179 Å². The molecular formula is C24H24FN5O. The number of halogens is 1. The predicted molar refractivity (Wildman–Crippen MR) is 119 cm³/mol. The van der Waals surface area contributed by atoms with Gasteiger partial charge in [-0.05, 0) is 37.6 Å². The third-order valence-electron chi connectivity index (χ3n) is 5.21. The molecule has 2 aromatic carbocycles. The SMILES string of the molecule is CC/C=C\C1=C(/N=c2/c3cccc(F)c3nc(N)n2CC)N(C(=O)c2ccccc2)C1. The molecule has 1 amide bonds. The minimum Gasteiger partial charge on any atom is -0.369 e. The molecule has 1 aliphatic rings. The number of rotatable bonds is 5. The molecule has 4 rings (SSSR count). The lowest BCUT2D eigenvalue weighted by Crippen LogP contribution is -2.41. The van der Waals surface area contributed by atoms with Crippen molar-refractivity contribution in [3.63, 3.8) is 0 Å². The molecule has 1 aliphatic heterocycles. The molecule has 6 nitrogen and oxygen atoms in total. The van der Waals surface area contributed by atoms with E-state index in [0.717, 1.165) is 12.0 Å². The number of nitrogen functional groups attached to an aromatic ring is 1. The number of para-hydroxylation sites is 1. The fourth-order valence-corrected chi connectivity index (χ4v) is 3.59. The number of amides is 1. The first kappa shape index (κ1) is 20.5. The highest BCUT2D eigenvalue weighted by Gasteiger charge is 2.31. The second-order valence-electron chi connectivity index (χ2n) is 7.20. The summed E-state index contributed by atoms with van der Waals surface area (Å²) in [4.78, 5) is 23.8. The van der Waals surface area contributed by atoms with Crippen molar-refractivity contribution in [1.29, 1.82) is 0 Å². The van der Waals surface area contributed by atoms with Crippen molar-refractivity contribution in [2.24, 2.45) is 4.99 Å². The minimum absolute atomic E-state index is 0.131. The largest absolute Gasteiger partial charge is 0.369 e. The average molecular weight is 417 g/mol. The average Bonchev–Trinajstić information content (AvgIpc) is 2.77. The van der Waals surface area contributed by atoms with Gasteiger partial charge in [-0.1, -0.05) is 43.3 Å². The molecule has 31 heavy (non-hydrogen) atoms. The van der Waals surface area contributed by atoms with Gasteiger partial charge in [0.2, 0.25) is 5.95 Å². The smallest absolute Gasteiger partial charge is 0.259 e. The zero-order valence-electron chi connectivity index (χ0n) is 17.5. The van der Waals surface area contributed by atoms with Crippen LogP contribution in [0, 0.1) is 5.82 Å². The van der Waals surface area contributed by atoms with E-state index in [9.17, 15) is 9.18 Å². The van der Waals surface area contributed by atoms with Crippen molar-refractivity contribution in [3.8, 4) is 0 Å². The van der Waals surface area contributed by atoms with Gasteiger partial charge in [0.25, 0.3) is 5.91 Å². The summed E-state index contributed by atoms with van der Waals surface area (Å²) in [5, 5.41) is 0.543. The summed E-state index contributed by atoms with van der Waals surface area (Å²) < 4.78 is 16.1. The Balaban J connectivity index is 1.93. The molecular weight excluding hydrogens is 393 g/mol. The highest BCUT2D eigenvalue weighted by Crippen LogP contribution is 2.28. The molecule has 0 radical (unpaired) electrons. The number of nitrogens with zero attached hydrogens (tertiary/aromatic N) is 4. The van der Waals surface area contributed by atoms with Gasteiger partial charge in [0, 0.05) is 23.1 Å². The second-order valence-corrected chi connectivity index (χ2v) is 7.20. The molecule has 0 saturated heterocycles. The predicted octanol–water partition coefficient (Wildman–Crippen LogP) is 4.01. The van der Waals surface area contributed by atoms with Crippen LogP contribution in [-0.4, -0.2) is 26.9 Å². The lowest BCUT2D eigenvalue weighted by Gasteiger charge is -2.33. The molecule has 0 fully saturated rings. The van der Waals surface area contributed by atoms with E-state index >= 15 is 0 Å². The minimum atomic E-state index is -0.463. The van der Waals surface area contributed by atoms with Crippen molar-refractivity contribution in [2.45, 2.75) is 26.8 Å². The van der Waals surface area contributed by atoms with E-state index in [0.29, 0.717) is 35.3 Å². The number of carbonyl (C=O) groups is 1. The van der Waals surface area contributed by atoms with Crippen molar-refractivity contribution in [2.75, 3.05) is 12.3 Å². The summed E-state index contributed by atoms with van der Waals surface area (Å²) in [6.45, 7) is 4.93. The van der Waals surface area contributed by atoms with Crippen LogP contribution in [0.5, 0.6) is 0 Å². The number of nitrogens with two attached hydrogens (primary N) is 1. The molecule has 0 bridgehead atoms. The molecule has 158 valence electrons. The second kappa shape index (κ2) is 8.55. The van der Waals surface area contributed by atoms with Gasteiger partial charge in [-0.2, -0.15) is 0 Å². The van der Waals surface area contributed by atoms with E-state index in [-0.39, 0.29) is 17.4 Å². The van der Waals surface area contributed by atoms with Crippen molar-refractivity contribution in [3.05, 3.63) is 88.9 Å². The lowest BCUT2D eigenvalue weighted by molar-refractivity contribution is 0.0786. The highest BCUT2D eigenvalue weighted by atomic mass is 19.1. The maximum atomic E-state index is 14.4. The molecule has 2 heterocycles. The zero-order chi connectivity index (χ0) is 22.0. The zero-order valence-corrected chi connectivity index (χ0v) is 17.5. The van der Waals surface area contributed by atoms with E-state index in [4.69, 9.17) is 10.7 Å². The van der Waals surface area contributed by atoms with Gasteiger partial charge in [-0.25, -0.2) is 14.4 Å². The van der Waals surface area contributed by atoms with Crippen LogP contribution in [0.3, 0.4) is 0 Å². The maximum Gasteiger partial charge on any atom is 0.259 e. The van der Waals surface area contributed by atoms with E-state index in [2.05, 4.69) is 4.98 Å². The quantitative estimate of drug-likeness (QED) is 0.681. The van der Waals surface area contributed by atoms with Crippen LogP contribution < -0.4 is 11.2 Å². The first-order valence-electron chi connectivity index (χ1n) is 10.3. The standard InChI is InChI=1S/C24H24FN5O/c1-3-5-10-17-15-30(23(31)16-11-7-6-8-12-16)21(17)28-22-18-13-9-14-19(25)20(18)27-24(26)29(22)4-2/h5-14H,3-4,15H2,1-2H3,(H2,26,27)/b10-5-,28-22-. The molecule has 0 saturated carbocycles. The first-order valence-corrected chi connectivity index (χ1v) is 10.3. The van der Waals surface area contributed by atoms with Gasteiger partial charge in [-0.3, -0.25) is 14.3 Å². The van der Waals surface area contributed by atoms with E-state index in [1.807, 2.05) is 44.2 Å². The molecule has 3 aromatic rings. The van der Waals surface area contributed by atoms with Gasteiger partial charge >= 0.3 is 0 Å². The Hall–Kier alpha value is -3.74. The van der Waals surface area contributed by atoms with E-state index < -0.39 is 5.82 Å². The molecule has 0 spiro atoms. The molecule has 1 aromatic heterocycles. The summed E-state index contributed by atoms with van der Waals surface area (Å²) >= 11 is 0. The number of allylic oxidation sites excluding steroid dienone is 1. The van der Waals surface area contributed by atoms with Crippen LogP contribution in [-0.2, 0) is 6.54 Å². The summed E-state index contributed by atoms with van der Waals surface area (Å²) in [7, 11) is 0. The summed E-state index contributed by atoms with van der Waals surface area (Å²) in [5.41, 5.74) is 8.28. The van der Waals surface area contributed by atoms with Crippen molar-refractivity contribution < 1.29 is 9.18 Å². The van der Waals surface area contributed by atoms with Crippen LogP contribution in [0.15, 0.2) is 77.1 Å². The molecule has 0 atom stereocenters. The molecule has 7 heteroatoms. The third-order valence-corrected chi connectivity index (χ3v) is 5.21. The number of carbonyl (C=O) groups excluding carboxylic acids is 1. The van der Waals surface area contributed by atoms with Gasteiger partial charge in [0.05, 0.1) is 6.54 Å². The van der Waals surface area contributed by atoms with Crippen molar-refractivity contribution >= 4 is 22.8 Å². The normalized spacial score (nSPS) is 14.5.